The van der Waals surface area contributed by atoms with Gasteiger partial charge < -0.3 is 18.9 Å². The number of benzene rings is 1. The highest BCUT2D eigenvalue weighted by molar-refractivity contribution is 5.87. The van der Waals surface area contributed by atoms with Crippen LogP contribution < -0.4 is 4.74 Å². The summed E-state index contributed by atoms with van der Waals surface area (Å²) < 4.78 is 15.8. The van der Waals surface area contributed by atoms with E-state index in [0.29, 0.717) is 24.0 Å². The van der Waals surface area contributed by atoms with E-state index in [0.717, 1.165) is 37.0 Å². The van der Waals surface area contributed by atoms with Crippen molar-refractivity contribution in [3.63, 3.8) is 0 Å². The lowest BCUT2D eigenvalue weighted by Gasteiger charge is -2.23. The van der Waals surface area contributed by atoms with Gasteiger partial charge in [0.1, 0.15) is 11.4 Å². The molecule has 4 rings (SSSR count). The number of carbonyl (C=O) groups excluding carboxylic acids is 2. The number of likely N-dealkylation sites (tertiary alicyclic amines) is 1. The van der Waals surface area contributed by atoms with Crippen LogP contribution in [0, 0.1) is 5.92 Å². The Morgan fingerprint density at radius 1 is 1.25 bits per heavy atom. The van der Waals surface area contributed by atoms with Gasteiger partial charge in [0.05, 0.1) is 13.0 Å². The van der Waals surface area contributed by atoms with Crippen molar-refractivity contribution in [3.05, 3.63) is 36.1 Å². The number of rotatable bonds is 6. The first-order valence-corrected chi connectivity index (χ1v) is 9.70. The summed E-state index contributed by atoms with van der Waals surface area (Å²) in [4.78, 5) is 26.5. The fourth-order valence-electron chi connectivity index (χ4n) is 4.00. The number of ether oxygens (including phenoxy) is 2. The molecule has 0 spiro atoms. The zero-order chi connectivity index (χ0) is 19.5. The highest BCUT2D eigenvalue weighted by Gasteiger charge is 2.39. The van der Waals surface area contributed by atoms with Crippen LogP contribution in [0.5, 0.6) is 5.75 Å². The molecule has 2 fully saturated rings. The van der Waals surface area contributed by atoms with Gasteiger partial charge in [0.15, 0.2) is 12.4 Å². The Kier molecular flexibility index (Phi) is 5.32. The maximum Gasteiger partial charge on any atom is 0.311 e. The van der Waals surface area contributed by atoms with Gasteiger partial charge >= 0.3 is 5.97 Å². The Bertz CT molecular complexity index is 839. The van der Waals surface area contributed by atoms with Crippen molar-refractivity contribution >= 4 is 11.9 Å². The summed E-state index contributed by atoms with van der Waals surface area (Å²) in [6.45, 7) is 0.478. The van der Waals surface area contributed by atoms with Crippen LogP contribution in [0.15, 0.2) is 34.9 Å². The molecular formula is C21H24N2O5. The number of hydrogen-bond acceptors (Lipinski definition) is 6. The molecule has 0 unspecified atom stereocenters. The minimum atomic E-state index is -0.392. The Balaban J connectivity index is 1.31. The zero-order valence-corrected chi connectivity index (χ0v) is 15.9. The van der Waals surface area contributed by atoms with Gasteiger partial charge in [0.2, 0.25) is 5.91 Å². The molecule has 1 saturated carbocycles. The Labute approximate surface area is 163 Å². The van der Waals surface area contributed by atoms with E-state index in [9.17, 15) is 9.59 Å². The molecule has 2 aromatic rings. The van der Waals surface area contributed by atoms with E-state index in [2.05, 4.69) is 5.16 Å². The quantitative estimate of drug-likeness (QED) is 0.712. The Morgan fingerprint density at radius 2 is 2.00 bits per heavy atom. The first-order chi connectivity index (χ1) is 13.6. The summed E-state index contributed by atoms with van der Waals surface area (Å²) >= 11 is 0. The van der Waals surface area contributed by atoms with E-state index < -0.39 is 5.92 Å². The summed E-state index contributed by atoms with van der Waals surface area (Å²) in [5, 5.41) is 4.02. The summed E-state index contributed by atoms with van der Waals surface area (Å²) in [6, 6.07) is 9.50. The molecule has 7 heteroatoms. The minimum Gasteiger partial charge on any atom is -0.497 e. The Hall–Kier alpha value is -2.83. The van der Waals surface area contributed by atoms with E-state index in [1.165, 1.54) is 0 Å². The molecule has 28 heavy (non-hydrogen) atoms. The second kappa shape index (κ2) is 8.04. The summed E-state index contributed by atoms with van der Waals surface area (Å²) in [5.74, 6) is 0.555. The van der Waals surface area contributed by atoms with Crippen LogP contribution in [0.2, 0.25) is 0 Å². The van der Waals surface area contributed by atoms with Crippen LogP contribution in [-0.4, -0.2) is 41.6 Å². The SMILES string of the molecule is COc1ccc(-c2cc(COC(=O)[C@H]3CC(=O)N(C4CCCC4)C3)on2)cc1. The van der Waals surface area contributed by atoms with Gasteiger partial charge in [-0.15, -0.1) is 0 Å². The van der Waals surface area contributed by atoms with Gasteiger partial charge in [0, 0.05) is 30.6 Å². The molecule has 148 valence electrons. The van der Waals surface area contributed by atoms with Crippen molar-refractivity contribution in [2.45, 2.75) is 44.8 Å². The number of amides is 1. The maximum absolute atomic E-state index is 12.4. The minimum absolute atomic E-state index is 0.0100. The predicted octanol–water partition coefficient (Wildman–Crippen LogP) is 3.18. The third-order valence-corrected chi connectivity index (χ3v) is 5.56. The number of methoxy groups -OCH3 is 1. The predicted molar refractivity (Wildman–Crippen MR) is 100 cm³/mol. The lowest BCUT2D eigenvalue weighted by Crippen LogP contribution is -2.35. The summed E-state index contributed by atoms with van der Waals surface area (Å²) in [7, 11) is 1.61. The third kappa shape index (κ3) is 3.88. The van der Waals surface area contributed by atoms with Crippen molar-refractivity contribution in [2.24, 2.45) is 5.92 Å². The largest absolute Gasteiger partial charge is 0.497 e. The van der Waals surface area contributed by atoms with Crippen LogP contribution in [0.4, 0.5) is 0 Å². The van der Waals surface area contributed by atoms with Crippen LogP contribution in [0.1, 0.15) is 37.9 Å². The number of carbonyl (C=O) groups is 2. The van der Waals surface area contributed by atoms with Crippen molar-refractivity contribution in [2.75, 3.05) is 13.7 Å². The fourth-order valence-corrected chi connectivity index (χ4v) is 4.00. The van der Waals surface area contributed by atoms with E-state index >= 15 is 0 Å². The summed E-state index contributed by atoms with van der Waals surface area (Å²) in [5.41, 5.74) is 1.55. The highest BCUT2D eigenvalue weighted by Crippen LogP contribution is 2.30. The molecule has 0 bridgehead atoms. The van der Waals surface area contributed by atoms with Crippen LogP contribution in [-0.2, 0) is 20.9 Å². The van der Waals surface area contributed by atoms with E-state index in [1.807, 2.05) is 29.2 Å². The van der Waals surface area contributed by atoms with Crippen LogP contribution in [0.3, 0.4) is 0 Å². The first kappa shape index (κ1) is 18.5. The normalized spacial score (nSPS) is 20.0. The molecule has 2 heterocycles. The fraction of sp³-hybridized carbons (Fsp3) is 0.476. The molecule has 0 radical (unpaired) electrons. The lowest BCUT2D eigenvalue weighted by atomic mass is 10.1. The number of esters is 1. The number of nitrogens with zero attached hydrogens (tertiary/aromatic N) is 2. The standard InChI is InChI=1S/C21H24N2O5/c1-26-17-8-6-14(7-9-17)19-11-18(28-22-19)13-27-21(25)15-10-20(24)23(12-15)16-4-2-3-5-16/h6-9,11,15-16H,2-5,10,12-13H2,1H3/t15-/m0/s1. The molecule has 1 aliphatic heterocycles. The second-order valence-corrected chi connectivity index (χ2v) is 7.40. The molecule has 1 saturated heterocycles. The molecule has 1 aromatic heterocycles. The smallest absolute Gasteiger partial charge is 0.311 e. The first-order valence-electron chi connectivity index (χ1n) is 9.70. The van der Waals surface area contributed by atoms with Gasteiger partial charge in [-0.25, -0.2) is 0 Å². The number of aromatic nitrogens is 1. The molecule has 1 aliphatic carbocycles. The third-order valence-electron chi connectivity index (χ3n) is 5.56. The van der Waals surface area contributed by atoms with Crippen LogP contribution in [0.25, 0.3) is 11.3 Å². The van der Waals surface area contributed by atoms with Crippen molar-refractivity contribution in [1.29, 1.82) is 0 Å². The molecule has 7 nitrogen and oxygen atoms in total. The van der Waals surface area contributed by atoms with Crippen molar-refractivity contribution in [1.82, 2.24) is 10.1 Å². The van der Waals surface area contributed by atoms with Crippen LogP contribution >= 0.6 is 0 Å². The molecule has 1 amide bonds. The van der Waals surface area contributed by atoms with E-state index in [4.69, 9.17) is 14.0 Å². The molecule has 2 aliphatic rings. The van der Waals surface area contributed by atoms with Crippen molar-refractivity contribution < 1.29 is 23.6 Å². The van der Waals surface area contributed by atoms with Gasteiger partial charge in [-0.1, -0.05) is 18.0 Å². The van der Waals surface area contributed by atoms with E-state index in [1.54, 1.807) is 13.2 Å². The van der Waals surface area contributed by atoms with Gasteiger partial charge in [-0.3, -0.25) is 9.59 Å². The maximum atomic E-state index is 12.4. The second-order valence-electron chi connectivity index (χ2n) is 7.40. The van der Waals surface area contributed by atoms with E-state index in [-0.39, 0.29) is 24.9 Å². The lowest BCUT2D eigenvalue weighted by molar-refractivity contribution is -0.150. The summed E-state index contributed by atoms with van der Waals surface area (Å²) in [6.07, 6.45) is 4.64. The monoisotopic (exact) mass is 384 g/mol. The van der Waals surface area contributed by atoms with Gasteiger partial charge in [-0.2, -0.15) is 0 Å². The highest BCUT2D eigenvalue weighted by atomic mass is 16.5. The molecular weight excluding hydrogens is 360 g/mol. The topological polar surface area (TPSA) is 81.9 Å². The Morgan fingerprint density at radius 3 is 2.71 bits per heavy atom. The zero-order valence-electron chi connectivity index (χ0n) is 15.9. The van der Waals surface area contributed by atoms with Gasteiger partial charge in [0.25, 0.3) is 0 Å². The number of hydrogen-bond donors (Lipinski definition) is 0. The molecule has 1 aromatic carbocycles. The molecule has 0 N–H and O–H groups in total. The average molecular weight is 384 g/mol. The van der Waals surface area contributed by atoms with Gasteiger partial charge in [-0.05, 0) is 37.1 Å². The average Bonchev–Trinajstić information content (AvgIpc) is 3.47. The van der Waals surface area contributed by atoms with Crippen molar-refractivity contribution in [3.8, 4) is 17.0 Å². The molecule has 1 atom stereocenters.